The Hall–Kier alpha value is -1.49. The number of ether oxygens (including phenoxy) is 1. The molecule has 0 aliphatic carbocycles. The summed E-state index contributed by atoms with van der Waals surface area (Å²) < 4.78 is 40.4. The summed E-state index contributed by atoms with van der Waals surface area (Å²) >= 11 is 0. The highest BCUT2D eigenvalue weighted by molar-refractivity contribution is 5.65. The van der Waals surface area contributed by atoms with Crippen LogP contribution >= 0.6 is 0 Å². The molecule has 0 heterocycles. The van der Waals surface area contributed by atoms with Gasteiger partial charge in [0.2, 0.25) is 0 Å². The normalized spacial score (nSPS) is 11.4. The Morgan fingerprint density at radius 2 is 2.00 bits per heavy atom. The lowest BCUT2D eigenvalue weighted by Gasteiger charge is -2.12. The van der Waals surface area contributed by atoms with Crippen LogP contribution in [0.25, 0.3) is 5.57 Å². The van der Waals surface area contributed by atoms with Crippen molar-refractivity contribution >= 4 is 5.57 Å². The van der Waals surface area contributed by atoms with Crippen molar-refractivity contribution in [2.45, 2.75) is 26.1 Å². The van der Waals surface area contributed by atoms with Crippen LogP contribution in [0.2, 0.25) is 0 Å². The number of hydrogen-bond acceptors (Lipinski definition) is 2. The smallest absolute Gasteiger partial charge is 0.406 e. The van der Waals surface area contributed by atoms with Crippen LogP contribution in [0.1, 0.15) is 24.0 Å². The molecule has 0 spiro atoms. The summed E-state index contributed by atoms with van der Waals surface area (Å²) in [5, 5.41) is 0. The summed E-state index contributed by atoms with van der Waals surface area (Å²) in [7, 11) is 0. The maximum Gasteiger partial charge on any atom is 0.573 e. The largest absolute Gasteiger partial charge is 0.573 e. The molecule has 0 fully saturated rings. The molecule has 1 aromatic rings. The Morgan fingerprint density at radius 1 is 1.33 bits per heavy atom. The monoisotopic (exact) mass is 259 g/mol. The second-order valence-electron chi connectivity index (χ2n) is 4.08. The van der Waals surface area contributed by atoms with E-state index in [0.717, 1.165) is 12.0 Å². The second-order valence-corrected chi connectivity index (χ2v) is 4.08. The van der Waals surface area contributed by atoms with Crippen molar-refractivity contribution in [1.82, 2.24) is 0 Å². The van der Waals surface area contributed by atoms with Crippen LogP contribution < -0.4 is 10.5 Å². The minimum Gasteiger partial charge on any atom is -0.406 e. The van der Waals surface area contributed by atoms with Gasteiger partial charge < -0.3 is 10.5 Å². The molecule has 0 unspecified atom stereocenters. The third-order valence-electron chi connectivity index (χ3n) is 2.38. The van der Waals surface area contributed by atoms with E-state index in [0.29, 0.717) is 24.1 Å². The van der Waals surface area contributed by atoms with E-state index >= 15 is 0 Å². The summed E-state index contributed by atoms with van der Waals surface area (Å²) in [6, 6.07) is 4.47. The van der Waals surface area contributed by atoms with Crippen LogP contribution in [-0.2, 0) is 0 Å². The van der Waals surface area contributed by atoms with Crippen molar-refractivity contribution in [2.75, 3.05) is 6.54 Å². The summed E-state index contributed by atoms with van der Waals surface area (Å²) in [6.07, 6.45) is -3.27. The molecule has 2 N–H and O–H groups in total. The third-order valence-corrected chi connectivity index (χ3v) is 2.38. The van der Waals surface area contributed by atoms with Gasteiger partial charge in [-0.2, -0.15) is 0 Å². The summed E-state index contributed by atoms with van der Waals surface area (Å²) in [5.41, 5.74) is 7.49. The van der Waals surface area contributed by atoms with Crippen molar-refractivity contribution in [1.29, 1.82) is 0 Å². The second kappa shape index (κ2) is 5.91. The maximum absolute atomic E-state index is 12.1. The van der Waals surface area contributed by atoms with Crippen LogP contribution in [0.15, 0.2) is 24.8 Å². The number of alkyl halides is 3. The molecule has 0 aromatic heterocycles. The molecule has 2 nitrogen and oxygen atoms in total. The van der Waals surface area contributed by atoms with E-state index in [2.05, 4.69) is 11.3 Å². The van der Waals surface area contributed by atoms with Crippen molar-refractivity contribution < 1.29 is 17.9 Å². The Labute approximate surface area is 104 Å². The van der Waals surface area contributed by atoms with Gasteiger partial charge in [0.05, 0.1) is 0 Å². The highest BCUT2D eigenvalue weighted by Crippen LogP contribution is 2.28. The third kappa shape index (κ3) is 4.79. The van der Waals surface area contributed by atoms with Gasteiger partial charge >= 0.3 is 6.36 Å². The van der Waals surface area contributed by atoms with E-state index < -0.39 is 6.36 Å². The van der Waals surface area contributed by atoms with Gasteiger partial charge in [0, 0.05) is 0 Å². The molecule has 0 atom stereocenters. The number of rotatable bonds is 5. The Bertz CT molecular complexity index is 427. The number of nitrogens with two attached hydrogens (primary N) is 1. The minimum absolute atomic E-state index is 0.216. The predicted molar refractivity (Wildman–Crippen MR) is 65.2 cm³/mol. The van der Waals surface area contributed by atoms with Gasteiger partial charge in [-0.05, 0) is 55.1 Å². The van der Waals surface area contributed by atoms with Crippen molar-refractivity contribution in [3.05, 3.63) is 35.9 Å². The number of benzene rings is 1. The van der Waals surface area contributed by atoms with E-state index in [-0.39, 0.29) is 5.75 Å². The van der Waals surface area contributed by atoms with E-state index in [1.165, 1.54) is 12.1 Å². The molecule has 0 amide bonds. The van der Waals surface area contributed by atoms with E-state index in [4.69, 9.17) is 5.73 Å². The molecule has 1 rings (SSSR count). The standard InChI is InChI=1S/C13H16F3NO/c1-9-6-11(10(2)4-3-5-17)8-12(7-9)18-13(14,15)16/h6-8H,2-5,17H2,1H3. The molecule has 0 radical (unpaired) electrons. The first-order valence-electron chi connectivity index (χ1n) is 5.57. The lowest BCUT2D eigenvalue weighted by Crippen LogP contribution is -2.17. The van der Waals surface area contributed by atoms with Gasteiger partial charge in [-0.15, -0.1) is 13.2 Å². The number of hydrogen-bond donors (Lipinski definition) is 1. The zero-order valence-electron chi connectivity index (χ0n) is 10.2. The Kier molecular flexibility index (Phi) is 4.78. The first-order valence-corrected chi connectivity index (χ1v) is 5.57. The van der Waals surface area contributed by atoms with Gasteiger partial charge in [0.25, 0.3) is 0 Å². The number of halogens is 3. The van der Waals surface area contributed by atoms with Crippen molar-refractivity contribution in [3.8, 4) is 5.75 Å². The van der Waals surface area contributed by atoms with Crippen LogP contribution in [-0.4, -0.2) is 12.9 Å². The van der Waals surface area contributed by atoms with Crippen molar-refractivity contribution in [3.63, 3.8) is 0 Å². The summed E-state index contributed by atoms with van der Waals surface area (Å²) in [4.78, 5) is 0. The van der Waals surface area contributed by atoms with Gasteiger partial charge in [-0.25, -0.2) is 0 Å². The van der Waals surface area contributed by atoms with Gasteiger partial charge in [-0.3, -0.25) is 0 Å². The first kappa shape index (κ1) is 14.6. The van der Waals surface area contributed by atoms with E-state index in [9.17, 15) is 13.2 Å². The summed E-state index contributed by atoms with van der Waals surface area (Å²) in [6.45, 7) is 6.08. The number of allylic oxidation sites excluding steroid dienone is 1. The van der Waals surface area contributed by atoms with Crippen LogP contribution in [0.4, 0.5) is 13.2 Å². The van der Waals surface area contributed by atoms with Gasteiger partial charge in [0.1, 0.15) is 5.75 Å². The van der Waals surface area contributed by atoms with E-state index in [1.807, 2.05) is 0 Å². The fourth-order valence-corrected chi connectivity index (χ4v) is 1.60. The van der Waals surface area contributed by atoms with Gasteiger partial charge in [0.15, 0.2) is 0 Å². The lowest BCUT2D eigenvalue weighted by molar-refractivity contribution is -0.274. The zero-order chi connectivity index (χ0) is 13.8. The fourth-order valence-electron chi connectivity index (χ4n) is 1.60. The molecule has 100 valence electrons. The van der Waals surface area contributed by atoms with E-state index in [1.54, 1.807) is 13.0 Å². The predicted octanol–water partition coefficient (Wildman–Crippen LogP) is 3.65. The lowest BCUT2D eigenvalue weighted by atomic mass is 10.0. The SMILES string of the molecule is C=C(CCCN)c1cc(C)cc(OC(F)(F)F)c1. The van der Waals surface area contributed by atoms with Crippen LogP contribution in [0.3, 0.4) is 0 Å². The fraction of sp³-hybridized carbons (Fsp3) is 0.385. The molecule has 0 saturated heterocycles. The minimum atomic E-state index is -4.68. The highest BCUT2D eigenvalue weighted by atomic mass is 19.4. The molecule has 5 heteroatoms. The Balaban J connectivity index is 2.90. The molecule has 0 bridgehead atoms. The zero-order valence-corrected chi connectivity index (χ0v) is 10.2. The van der Waals surface area contributed by atoms with Gasteiger partial charge in [-0.1, -0.05) is 12.6 Å². The molecular formula is C13H16F3NO. The highest BCUT2D eigenvalue weighted by Gasteiger charge is 2.31. The topological polar surface area (TPSA) is 35.2 Å². The maximum atomic E-state index is 12.1. The first-order chi connectivity index (χ1) is 8.31. The molecule has 0 saturated carbocycles. The molecule has 1 aromatic carbocycles. The average molecular weight is 259 g/mol. The molecular weight excluding hydrogens is 243 g/mol. The number of aryl methyl sites for hydroxylation is 1. The quantitative estimate of drug-likeness (QED) is 0.876. The van der Waals surface area contributed by atoms with Crippen LogP contribution in [0, 0.1) is 6.92 Å². The molecule has 18 heavy (non-hydrogen) atoms. The summed E-state index contributed by atoms with van der Waals surface area (Å²) in [5.74, 6) is -0.216. The average Bonchev–Trinajstić information content (AvgIpc) is 2.22. The molecule has 0 aliphatic heterocycles. The van der Waals surface area contributed by atoms with Crippen molar-refractivity contribution in [2.24, 2.45) is 5.73 Å². The molecule has 0 aliphatic rings. The Morgan fingerprint density at radius 3 is 2.56 bits per heavy atom. The van der Waals surface area contributed by atoms with Crippen LogP contribution in [0.5, 0.6) is 5.75 Å².